The first-order valence-electron chi connectivity index (χ1n) is 5.51. The van der Waals surface area contributed by atoms with Crippen LogP contribution in [0.2, 0.25) is 0 Å². The third kappa shape index (κ3) is 2.68. The molecule has 0 aromatic carbocycles. The molecule has 1 aliphatic heterocycles. The number of hydrogen-bond donors (Lipinski definition) is 1. The standard InChI is InChI=1S/C11H23NO/c1-9(2)11-5-4-6-12(7-8-13)10(11)3/h9-11,13H,4-8H2,1-3H3. The van der Waals surface area contributed by atoms with Gasteiger partial charge in [0.1, 0.15) is 0 Å². The van der Waals surface area contributed by atoms with E-state index >= 15 is 0 Å². The van der Waals surface area contributed by atoms with E-state index in [-0.39, 0.29) is 0 Å². The summed E-state index contributed by atoms with van der Waals surface area (Å²) < 4.78 is 0. The van der Waals surface area contributed by atoms with Gasteiger partial charge in [0.25, 0.3) is 0 Å². The molecule has 1 rings (SSSR count). The monoisotopic (exact) mass is 185 g/mol. The number of likely N-dealkylation sites (tertiary alicyclic amines) is 1. The highest BCUT2D eigenvalue weighted by Gasteiger charge is 2.29. The van der Waals surface area contributed by atoms with E-state index in [4.69, 9.17) is 5.11 Å². The molecule has 0 bridgehead atoms. The van der Waals surface area contributed by atoms with Gasteiger partial charge >= 0.3 is 0 Å². The molecule has 0 aromatic rings. The Kier molecular flexibility index (Phi) is 4.20. The van der Waals surface area contributed by atoms with Gasteiger partial charge in [-0.3, -0.25) is 4.90 Å². The van der Waals surface area contributed by atoms with Gasteiger partial charge in [-0.15, -0.1) is 0 Å². The van der Waals surface area contributed by atoms with Gasteiger partial charge in [-0.05, 0) is 38.1 Å². The minimum Gasteiger partial charge on any atom is -0.395 e. The van der Waals surface area contributed by atoms with Crippen molar-refractivity contribution in [2.45, 2.75) is 39.7 Å². The molecule has 2 atom stereocenters. The van der Waals surface area contributed by atoms with Crippen molar-refractivity contribution >= 4 is 0 Å². The van der Waals surface area contributed by atoms with Crippen molar-refractivity contribution in [3.63, 3.8) is 0 Å². The predicted molar refractivity (Wildman–Crippen MR) is 55.7 cm³/mol. The third-order valence-electron chi connectivity index (χ3n) is 3.42. The van der Waals surface area contributed by atoms with Crippen molar-refractivity contribution in [3.8, 4) is 0 Å². The lowest BCUT2D eigenvalue weighted by Gasteiger charge is -2.41. The number of aliphatic hydroxyl groups excluding tert-OH is 1. The number of nitrogens with zero attached hydrogens (tertiary/aromatic N) is 1. The van der Waals surface area contributed by atoms with Gasteiger partial charge in [-0.1, -0.05) is 13.8 Å². The quantitative estimate of drug-likeness (QED) is 0.724. The van der Waals surface area contributed by atoms with Gasteiger partial charge in [0.15, 0.2) is 0 Å². The molecular formula is C11H23NO. The second-order valence-corrected chi connectivity index (χ2v) is 4.55. The maximum Gasteiger partial charge on any atom is 0.0558 e. The Morgan fingerprint density at radius 2 is 2.15 bits per heavy atom. The molecule has 2 heteroatoms. The van der Waals surface area contributed by atoms with E-state index in [0.29, 0.717) is 12.6 Å². The molecule has 0 radical (unpaired) electrons. The molecule has 1 aliphatic rings. The lowest BCUT2D eigenvalue weighted by Crippen LogP contribution is -2.46. The summed E-state index contributed by atoms with van der Waals surface area (Å²) in [7, 11) is 0. The summed E-state index contributed by atoms with van der Waals surface area (Å²) in [5.74, 6) is 1.59. The SMILES string of the molecule is CC(C)C1CCCN(CCO)C1C. The first-order valence-corrected chi connectivity index (χ1v) is 5.51. The number of β-amino-alcohol motifs (C(OH)–C–C–N with tert-alkyl or cyclic N) is 1. The summed E-state index contributed by atoms with van der Waals surface area (Å²) in [4.78, 5) is 2.42. The predicted octanol–water partition coefficient (Wildman–Crippen LogP) is 1.74. The van der Waals surface area contributed by atoms with Crippen molar-refractivity contribution in [2.24, 2.45) is 11.8 Å². The Bertz CT molecular complexity index is 145. The number of rotatable bonds is 3. The summed E-state index contributed by atoms with van der Waals surface area (Å²) in [5, 5.41) is 8.92. The Morgan fingerprint density at radius 3 is 2.69 bits per heavy atom. The van der Waals surface area contributed by atoms with E-state index in [1.807, 2.05) is 0 Å². The second-order valence-electron chi connectivity index (χ2n) is 4.55. The van der Waals surface area contributed by atoms with Crippen LogP contribution in [-0.2, 0) is 0 Å². The highest BCUT2D eigenvalue weighted by atomic mass is 16.3. The smallest absolute Gasteiger partial charge is 0.0558 e. The fourth-order valence-electron chi connectivity index (χ4n) is 2.58. The second kappa shape index (κ2) is 4.97. The first-order chi connectivity index (χ1) is 6.16. The van der Waals surface area contributed by atoms with Gasteiger partial charge < -0.3 is 5.11 Å². The Morgan fingerprint density at radius 1 is 1.46 bits per heavy atom. The fourth-order valence-corrected chi connectivity index (χ4v) is 2.58. The average molecular weight is 185 g/mol. The van der Waals surface area contributed by atoms with Crippen molar-refractivity contribution in [3.05, 3.63) is 0 Å². The minimum atomic E-state index is 0.301. The van der Waals surface area contributed by atoms with Crippen LogP contribution < -0.4 is 0 Å². The lowest BCUT2D eigenvalue weighted by atomic mass is 9.82. The average Bonchev–Trinajstić information content (AvgIpc) is 2.08. The van der Waals surface area contributed by atoms with Gasteiger partial charge in [0.2, 0.25) is 0 Å². The molecule has 1 heterocycles. The molecule has 0 spiro atoms. The first kappa shape index (κ1) is 11.0. The van der Waals surface area contributed by atoms with Gasteiger partial charge in [0, 0.05) is 12.6 Å². The van der Waals surface area contributed by atoms with Crippen LogP contribution >= 0.6 is 0 Å². The fraction of sp³-hybridized carbons (Fsp3) is 1.00. The van der Waals surface area contributed by atoms with Gasteiger partial charge in [-0.25, -0.2) is 0 Å². The van der Waals surface area contributed by atoms with E-state index in [1.165, 1.54) is 19.4 Å². The molecule has 13 heavy (non-hydrogen) atoms. The maximum absolute atomic E-state index is 8.92. The minimum absolute atomic E-state index is 0.301. The van der Waals surface area contributed by atoms with E-state index in [1.54, 1.807) is 0 Å². The summed E-state index contributed by atoms with van der Waals surface area (Å²) >= 11 is 0. The Labute approximate surface area is 81.9 Å². The Hall–Kier alpha value is -0.0800. The molecule has 2 nitrogen and oxygen atoms in total. The zero-order valence-electron chi connectivity index (χ0n) is 9.16. The highest BCUT2D eigenvalue weighted by molar-refractivity contribution is 4.82. The highest BCUT2D eigenvalue weighted by Crippen LogP contribution is 2.28. The molecule has 0 aliphatic carbocycles. The zero-order chi connectivity index (χ0) is 9.84. The molecule has 1 fully saturated rings. The molecule has 0 saturated carbocycles. The summed E-state index contributed by atoms with van der Waals surface area (Å²) in [6.07, 6.45) is 2.66. The third-order valence-corrected chi connectivity index (χ3v) is 3.42. The van der Waals surface area contributed by atoms with Crippen molar-refractivity contribution < 1.29 is 5.11 Å². The van der Waals surface area contributed by atoms with Crippen molar-refractivity contribution in [1.82, 2.24) is 4.90 Å². The molecular weight excluding hydrogens is 162 g/mol. The zero-order valence-corrected chi connectivity index (χ0v) is 9.16. The normalized spacial score (nSPS) is 31.2. The summed E-state index contributed by atoms with van der Waals surface area (Å²) in [6, 6.07) is 0.654. The topological polar surface area (TPSA) is 23.5 Å². The molecule has 2 unspecified atom stereocenters. The van der Waals surface area contributed by atoms with Crippen LogP contribution in [-0.4, -0.2) is 35.7 Å². The van der Waals surface area contributed by atoms with Crippen LogP contribution in [0.5, 0.6) is 0 Å². The van der Waals surface area contributed by atoms with E-state index in [0.717, 1.165) is 18.4 Å². The molecule has 0 amide bonds. The van der Waals surface area contributed by atoms with Crippen molar-refractivity contribution in [1.29, 1.82) is 0 Å². The number of hydrogen-bond acceptors (Lipinski definition) is 2. The van der Waals surface area contributed by atoms with Gasteiger partial charge in [0.05, 0.1) is 6.61 Å². The Balaban J connectivity index is 2.49. The van der Waals surface area contributed by atoms with Crippen molar-refractivity contribution in [2.75, 3.05) is 19.7 Å². The van der Waals surface area contributed by atoms with E-state index in [2.05, 4.69) is 25.7 Å². The maximum atomic E-state index is 8.92. The molecule has 1 N–H and O–H groups in total. The van der Waals surface area contributed by atoms with Crippen LogP contribution in [0.15, 0.2) is 0 Å². The number of aliphatic hydroxyl groups is 1. The summed E-state index contributed by atoms with van der Waals surface area (Å²) in [6.45, 7) is 9.25. The molecule has 78 valence electrons. The van der Waals surface area contributed by atoms with Crippen LogP contribution in [0, 0.1) is 11.8 Å². The van der Waals surface area contributed by atoms with E-state index in [9.17, 15) is 0 Å². The summed E-state index contributed by atoms with van der Waals surface area (Å²) in [5.41, 5.74) is 0. The lowest BCUT2D eigenvalue weighted by molar-refractivity contribution is 0.0636. The van der Waals surface area contributed by atoms with Crippen LogP contribution in [0.1, 0.15) is 33.6 Å². The molecule has 1 saturated heterocycles. The van der Waals surface area contributed by atoms with Crippen LogP contribution in [0.4, 0.5) is 0 Å². The van der Waals surface area contributed by atoms with E-state index < -0.39 is 0 Å². The van der Waals surface area contributed by atoms with Gasteiger partial charge in [-0.2, -0.15) is 0 Å². The largest absolute Gasteiger partial charge is 0.395 e. The molecule has 0 aromatic heterocycles. The van der Waals surface area contributed by atoms with Crippen LogP contribution in [0.25, 0.3) is 0 Å². The van der Waals surface area contributed by atoms with Crippen LogP contribution in [0.3, 0.4) is 0 Å². The number of piperidine rings is 1.